The topological polar surface area (TPSA) is 71.0 Å². The number of aromatic nitrogens is 3. The van der Waals surface area contributed by atoms with Crippen LogP contribution in [0, 0.1) is 6.92 Å². The van der Waals surface area contributed by atoms with Gasteiger partial charge in [-0.25, -0.2) is 9.97 Å². The normalized spacial score (nSPS) is 10.4. The third-order valence-electron chi connectivity index (χ3n) is 3.77. The molecule has 0 bridgehead atoms. The number of rotatable bonds is 4. The van der Waals surface area contributed by atoms with Crippen molar-refractivity contribution in [2.45, 2.75) is 13.8 Å². The van der Waals surface area contributed by atoms with E-state index in [0.717, 1.165) is 22.6 Å². The third kappa shape index (κ3) is 3.98. The number of hydrogen-bond donors (Lipinski definition) is 1. The van der Waals surface area contributed by atoms with Crippen molar-refractivity contribution in [1.82, 2.24) is 15.0 Å². The van der Waals surface area contributed by atoms with Crippen molar-refractivity contribution in [3.8, 4) is 11.4 Å². The Balaban J connectivity index is 1.83. The number of pyridine rings is 1. The molecule has 1 N–H and O–H groups in total. The molecule has 0 saturated heterocycles. The Labute approximate surface area is 146 Å². The molecular weight excluding hydrogens is 314 g/mol. The second-order valence-corrected chi connectivity index (χ2v) is 5.71. The van der Waals surface area contributed by atoms with Crippen molar-refractivity contribution in [2.24, 2.45) is 0 Å². The minimum atomic E-state index is -0.00625. The lowest BCUT2D eigenvalue weighted by Crippen LogP contribution is -2.22. The van der Waals surface area contributed by atoms with Crippen LogP contribution in [-0.4, -0.2) is 27.9 Å². The first-order chi connectivity index (χ1) is 12.0. The number of anilines is 3. The van der Waals surface area contributed by atoms with E-state index in [-0.39, 0.29) is 5.91 Å². The Hall–Kier alpha value is -3.28. The highest BCUT2D eigenvalue weighted by Crippen LogP contribution is 2.22. The van der Waals surface area contributed by atoms with Gasteiger partial charge in [0.05, 0.1) is 0 Å². The van der Waals surface area contributed by atoms with Crippen LogP contribution in [0.5, 0.6) is 0 Å². The average Bonchev–Trinajstić information content (AvgIpc) is 2.62. The zero-order valence-corrected chi connectivity index (χ0v) is 14.4. The maximum absolute atomic E-state index is 11.4. The summed E-state index contributed by atoms with van der Waals surface area (Å²) in [7, 11) is 1.75. The minimum Gasteiger partial charge on any atom is -0.340 e. The first-order valence-electron chi connectivity index (χ1n) is 7.90. The molecule has 2 heterocycles. The highest BCUT2D eigenvalue weighted by molar-refractivity contribution is 5.91. The highest BCUT2D eigenvalue weighted by atomic mass is 16.2. The van der Waals surface area contributed by atoms with Gasteiger partial charge in [-0.1, -0.05) is 0 Å². The van der Waals surface area contributed by atoms with Crippen LogP contribution < -0.4 is 10.2 Å². The van der Waals surface area contributed by atoms with E-state index in [1.54, 1.807) is 24.3 Å². The second kappa shape index (κ2) is 7.09. The van der Waals surface area contributed by atoms with Gasteiger partial charge < -0.3 is 10.2 Å². The van der Waals surface area contributed by atoms with Gasteiger partial charge >= 0.3 is 0 Å². The van der Waals surface area contributed by atoms with Gasteiger partial charge in [0.25, 0.3) is 0 Å². The van der Waals surface area contributed by atoms with Crippen molar-refractivity contribution in [1.29, 1.82) is 0 Å². The van der Waals surface area contributed by atoms with Crippen LogP contribution in [0.4, 0.5) is 17.2 Å². The third-order valence-corrected chi connectivity index (χ3v) is 3.77. The summed E-state index contributed by atoms with van der Waals surface area (Å²) >= 11 is 0. The number of carbonyl (C=O) groups is 1. The fourth-order valence-corrected chi connectivity index (χ4v) is 2.35. The zero-order valence-electron chi connectivity index (χ0n) is 14.4. The number of nitrogens with one attached hydrogen (secondary N) is 1. The number of carbonyl (C=O) groups excluding carboxylic acids is 1. The molecule has 0 atom stereocenters. The largest absolute Gasteiger partial charge is 0.340 e. The van der Waals surface area contributed by atoms with Crippen molar-refractivity contribution in [3.05, 3.63) is 60.6 Å². The summed E-state index contributed by atoms with van der Waals surface area (Å²) in [6.07, 6.45) is 3.46. The van der Waals surface area contributed by atoms with Crippen molar-refractivity contribution in [3.63, 3.8) is 0 Å². The number of amides is 1. The van der Waals surface area contributed by atoms with Crippen LogP contribution in [-0.2, 0) is 4.79 Å². The Kier molecular flexibility index (Phi) is 4.70. The van der Waals surface area contributed by atoms with Crippen LogP contribution >= 0.6 is 0 Å². The molecule has 0 saturated carbocycles. The second-order valence-electron chi connectivity index (χ2n) is 5.71. The summed E-state index contributed by atoms with van der Waals surface area (Å²) in [6.45, 7) is 3.47. The summed E-state index contributed by atoms with van der Waals surface area (Å²) in [5.41, 5.74) is 3.46. The van der Waals surface area contributed by atoms with Gasteiger partial charge in [-0.05, 0) is 43.3 Å². The molecule has 2 aromatic heterocycles. The lowest BCUT2D eigenvalue weighted by atomic mass is 10.2. The summed E-state index contributed by atoms with van der Waals surface area (Å²) < 4.78 is 0. The van der Waals surface area contributed by atoms with Crippen LogP contribution in [0.3, 0.4) is 0 Å². The smallest absolute Gasteiger partial charge is 0.223 e. The molecule has 3 aromatic rings. The van der Waals surface area contributed by atoms with E-state index >= 15 is 0 Å². The first-order valence-corrected chi connectivity index (χ1v) is 7.90. The Morgan fingerprint density at radius 3 is 2.52 bits per heavy atom. The predicted molar refractivity (Wildman–Crippen MR) is 98.8 cm³/mol. The van der Waals surface area contributed by atoms with Gasteiger partial charge in [0.1, 0.15) is 5.82 Å². The van der Waals surface area contributed by atoms with Crippen molar-refractivity contribution < 1.29 is 4.79 Å². The Morgan fingerprint density at radius 1 is 1.12 bits per heavy atom. The molecule has 0 radical (unpaired) electrons. The lowest BCUT2D eigenvalue weighted by Gasteiger charge is -2.15. The average molecular weight is 333 g/mol. The molecule has 0 aliphatic heterocycles. The first kappa shape index (κ1) is 16.6. The van der Waals surface area contributed by atoms with Crippen LogP contribution in [0.25, 0.3) is 11.4 Å². The van der Waals surface area contributed by atoms with Crippen molar-refractivity contribution in [2.75, 3.05) is 17.3 Å². The molecule has 0 aliphatic carbocycles. The maximum atomic E-state index is 11.4. The van der Waals surface area contributed by atoms with Gasteiger partial charge in [-0.3, -0.25) is 9.78 Å². The highest BCUT2D eigenvalue weighted by Gasteiger charge is 2.07. The number of nitrogens with zero attached hydrogens (tertiary/aromatic N) is 4. The molecule has 0 spiro atoms. The molecule has 6 nitrogen and oxygen atoms in total. The quantitative estimate of drug-likeness (QED) is 0.790. The van der Waals surface area contributed by atoms with Gasteiger partial charge in [0, 0.05) is 55.1 Å². The van der Waals surface area contributed by atoms with E-state index in [0.29, 0.717) is 11.6 Å². The van der Waals surface area contributed by atoms with E-state index in [1.807, 2.05) is 49.4 Å². The van der Waals surface area contributed by atoms with Gasteiger partial charge in [0.15, 0.2) is 5.82 Å². The standard InChI is InChI=1S/C19H19N5O/c1-13-11-18(23-19(21-13)15-5-4-10-20-12-15)22-16-6-8-17(9-7-16)24(3)14(2)25/h4-12H,1-3H3,(H,21,22,23). The SMILES string of the molecule is CC(=O)N(C)c1ccc(Nc2cc(C)nc(-c3cccnc3)n2)cc1. The molecule has 0 unspecified atom stereocenters. The molecule has 126 valence electrons. The Morgan fingerprint density at radius 2 is 1.88 bits per heavy atom. The minimum absolute atomic E-state index is 0.00625. The van der Waals surface area contributed by atoms with Gasteiger partial charge in [0.2, 0.25) is 5.91 Å². The van der Waals surface area contributed by atoms with Crippen LogP contribution in [0.1, 0.15) is 12.6 Å². The predicted octanol–water partition coefficient (Wildman–Crippen LogP) is 3.57. The van der Waals surface area contributed by atoms with Gasteiger partial charge in [-0.2, -0.15) is 0 Å². The Bertz CT molecular complexity index is 878. The summed E-state index contributed by atoms with van der Waals surface area (Å²) in [4.78, 5) is 26.2. The number of benzene rings is 1. The molecule has 6 heteroatoms. The molecule has 3 rings (SSSR count). The lowest BCUT2D eigenvalue weighted by molar-refractivity contribution is -0.116. The fourth-order valence-electron chi connectivity index (χ4n) is 2.35. The van der Waals surface area contributed by atoms with E-state index in [4.69, 9.17) is 0 Å². The number of hydrogen-bond acceptors (Lipinski definition) is 5. The summed E-state index contributed by atoms with van der Waals surface area (Å²) in [5.74, 6) is 1.33. The number of aryl methyl sites for hydroxylation is 1. The molecule has 0 aliphatic rings. The van der Waals surface area contributed by atoms with E-state index in [1.165, 1.54) is 6.92 Å². The molecule has 0 fully saturated rings. The van der Waals surface area contributed by atoms with E-state index in [9.17, 15) is 4.79 Å². The molecular formula is C19H19N5O. The van der Waals surface area contributed by atoms with Crippen molar-refractivity contribution >= 4 is 23.1 Å². The van der Waals surface area contributed by atoms with E-state index in [2.05, 4.69) is 20.3 Å². The van der Waals surface area contributed by atoms with E-state index < -0.39 is 0 Å². The zero-order chi connectivity index (χ0) is 17.8. The molecule has 1 aromatic carbocycles. The summed E-state index contributed by atoms with van der Waals surface area (Å²) in [6, 6.07) is 13.3. The van der Waals surface area contributed by atoms with Crippen LogP contribution in [0.2, 0.25) is 0 Å². The summed E-state index contributed by atoms with van der Waals surface area (Å²) in [5, 5.41) is 3.28. The van der Waals surface area contributed by atoms with Crippen LogP contribution in [0.15, 0.2) is 54.9 Å². The molecule has 25 heavy (non-hydrogen) atoms. The maximum Gasteiger partial charge on any atom is 0.223 e. The van der Waals surface area contributed by atoms with Gasteiger partial charge in [-0.15, -0.1) is 0 Å². The molecule has 1 amide bonds. The fraction of sp³-hybridized carbons (Fsp3) is 0.158. The monoisotopic (exact) mass is 333 g/mol.